The van der Waals surface area contributed by atoms with Crippen LogP contribution in [0.2, 0.25) is 0 Å². The van der Waals surface area contributed by atoms with Crippen LogP contribution in [0, 0.1) is 11.3 Å². The summed E-state index contributed by atoms with van der Waals surface area (Å²) in [6.07, 6.45) is 0.106. The molecule has 1 fully saturated rings. The van der Waals surface area contributed by atoms with E-state index in [-0.39, 0.29) is 42.9 Å². The molecule has 14 heteroatoms. The second-order valence-corrected chi connectivity index (χ2v) is 16.6. The second kappa shape index (κ2) is 17.9. The van der Waals surface area contributed by atoms with E-state index in [2.05, 4.69) is 15.5 Å². The average Bonchev–Trinajstić information content (AvgIpc) is 3.42. The molecule has 1 aliphatic heterocycles. The fraction of sp³-hybridized carbons (Fsp3) is 0.474. The van der Waals surface area contributed by atoms with Gasteiger partial charge in [-0.05, 0) is 53.1 Å². The van der Waals surface area contributed by atoms with Crippen LogP contribution in [-0.2, 0) is 39.1 Å². The maximum absolute atomic E-state index is 14.4. The Balaban J connectivity index is 1.59. The minimum atomic E-state index is -4.07. The van der Waals surface area contributed by atoms with Gasteiger partial charge in [0.1, 0.15) is 6.04 Å². The molecule has 4 rings (SSSR count). The monoisotopic (exact) mass is 736 g/mol. The van der Waals surface area contributed by atoms with E-state index in [4.69, 9.17) is 9.94 Å². The molecule has 3 atom stereocenters. The van der Waals surface area contributed by atoms with Gasteiger partial charge < -0.3 is 30.2 Å². The third-order valence-corrected chi connectivity index (χ3v) is 10.6. The van der Waals surface area contributed by atoms with Crippen LogP contribution in [0.3, 0.4) is 0 Å². The zero-order valence-electron chi connectivity index (χ0n) is 30.8. The lowest BCUT2D eigenvalue weighted by Crippen LogP contribution is -2.59. The zero-order chi connectivity index (χ0) is 38.1. The van der Waals surface area contributed by atoms with Crippen molar-refractivity contribution < 1.29 is 33.1 Å². The molecule has 0 radical (unpaired) electrons. The molecule has 52 heavy (non-hydrogen) atoms. The molecule has 1 aromatic heterocycles. The van der Waals surface area contributed by atoms with Crippen LogP contribution < -0.4 is 5.32 Å². The number of methoxy groups -OCH3 is 1. The van der Waals surface area contributed by atoms with Crippen molar-refractivity contribution in [2.75, 3.05) is 33.3 Å². The van der Waals surface area contributed by atoms with Crippen molar-refractivity contribution >= 4 is 28.2 Å². The number of oxime groups is 1. The molecular weight excluding hydrogens is 685 g/mol. The lowest BCUT2D eigenvalue weighted by Gasteiger charge is -2.38. The van der Waals surface area contributed by atoms with E-state index >= 15 is 0 Å². The van der Waals surface area contributed by atoms with Gasteiger partial charge in [0, 0.05) is 33.3 Å². The highest BCUT2D eigenvalue weighted by atomic mass is 32.2. The molecule has 0 aliphatic carbocycles. The van der Waals surface area contributed by atoms with Gasteiger partial charge in [-0.15, -0.1) is 0 Å². The third kappa shape index (κ3) is 10.6. The van der Waals surface area contributed by atoms with Gasteiger partial charge in [0.05, 0.1) is 47.8 Å². The highest BCUT2D eigenvalue weighted by molar-refractivity contribution is 7.89. The number of pyridine rings is 1. The summed E-state index contributed by atoms with van der Waals surface area (Å²) in [4.78, 5) is 36.1. The van der Waals surface area contributed by atoms with E-state index in [1.165, 1.54) is 34.8 Å². The molecule has 2 heterocycles. The summed E-state index contributed by atoms with van der Waals surface area (Å²) in [6, 6.07) is 18.7. The van der Waals surface area contributed by atoms with Crippen molar-refractivity contribution in [3.63, 3.8) is 0 Å². The van der Waals surface area contributed by atoms with Crippen LogP contribution in [0.5, 0.6) is 0 Å². The normalized spacial score (nSPS) is 15.8. The molecule has 13 nitrogen and oxygen atoms in total. The number of nitrogens with one attached hydrogen (secondary N) is 1. The zero-order valence-corrected chi connectivity index (χ0v) is 31.7. The number of aromatic nitrogens is 1. The molecule has 3 amide bonds. The quantitative estimate of drug-likeness (QED) is 0.106. The number of carbonyl (C=O) groups is 2. The van der Waals surface area contributed by atoms with E-state index in [0.717, 1.165) is 11.3 Å². The summed E-state index contributed by atoms with van der Waals surface area (Å²) < 4.78 is 34.3. The second-order valence-electron chi connectivity index (χ2n) is 14.6. The first-order valence-electron chi connectivity index (χ1n) is 17.4. The predicted molar refractivity (Wildman–Crippen MR) is 198 cm³/mol. The lowest BCUT2D eigenvalue weighted by atomic mass is 9.84. The Morgan fingerprint density at radius 2 is 1.69 bits per heavy atom. The first-order chi connectivity index (χ1) is 24.6. The molecule has 2 aromatic carbocycles. The largest absolute Gasteiger partial charge is 0.411 e. The number of hydrogen-bond acceptors (Lipinski definition) is 9. The van der Waals surface area contributed by atoms with Crippen LogP contribution in [0.25, 0.3) is 0 Å². The topological polar surface area (TPSA) is 165 Å². The van der Waals surface area contributed by atoms with Gasteiger partial charge >= 0.3 is 6.03 Å². The number of ether oxygens (including phenoxy) is 1. The van der Waals surface area contributed by atoms with E-state index < -0.39 is 39.5 Å². The van der Waals surface area contributed by atoms with Crippen LogP contribution in [0.15, 0.2) is 82.8 Å². The number of sulfonamides is 1. The number of nitrogens with zero attached hydrogens (tertiary/aromatic N) is 5. The van der Waals surface area contributed by atoms with Gasteiger partial charge in [0.2, 0.25) is 15.9 Å². The smallest absolute Gasteiger partial charge is 0.321 e. The third-order valence-electron chi connectivity index (χ3n) is 8.79. The Hall–Kier alpha value is -4.37. The fourth-order valence-electron chi connectivity index (χ4n) is 6.40. The van der Waals surface area contributed by atoms with Crippen molar-refractivity contribution in [2.45, 2.75) is 77.3 Å². The number of hydrogen-bond donors (Lipinski definition) is 3. The highest BCUT2D eigenvalue weighted by Crippen LogP contribution is 2.29. The molecule has 1 saturated heterocycles. The first-order valence-corrected chi connectivity index (χ1v) is 18.9. The molecule has 0 bridgehead atoms. The van der Waals surface area contributed by atoms with E-state index in [1.807, 2.05) is 83.1 Å². The SMILES string of the molecule is COCc1cccc(CN2CCN([C@H](C(=O)N[C@@H](Cc3ccccc3)[C@@H](O)CN(CC(C)C)S(=O)(=O)c3ccc(C=NO)cc3)C(C)(C)C)C2=O)n1. The molecule has 1 aliphatic rings. The van der Waals surface area contributed by atoms with Gasteiger partial charge in [0.15, 0.2) is 0 Å². The van der Waals surface area contributed by atoms with Crippen molar-refractivity contribution in [1.29, 1.82) is 0 Å². The van der Waals surface area contributed by atoms with Crippen molar-refractivity contribution in [3.8, 4) is 0 Å². The predicted octanol–water partition coefficient (Wildman–Crippen LogP) is 4.12. The van der Waals surface area contributed by atoms with Gasteiger partial charge in [-0.2, -0.15) is 4.31 Å². The summed E-state index contributed by atoms with van der Waals surface area (Å²) in [5.74, 6) is -0.515. The van der Waals surface area contributed by atoms with E-state index in [9.17, 15) is 23.1 Å². The highest BCUT2D eigenvalue weighted by Gasteiger charge is 2.44. The number of aliphatic hydroxyl groups excluding tert-OH is 1. The summed E-state index contributed by atoms with van der Waals surface area (Å²) in [7, 11) is -2.48. The first kappa shape index (κ1) is 40.4. The summed E-state index contributed by atoms with van der Waals surface area (Å²) in [6.45, 7) is 10.6. The number of benzene rings is 2. The van der Waals surface area contributed by atoms with Gasteiger partial charge in [-0.1, -0.05) is 88.3 Å². The van der Waals surface area contributed by atoms with E-state index in [0.29, 0.717) is 31.0 Å². The van der Waals surface area contributed by atoms with Gasteiger partial charge in [0.25, 0.3) is 0 Å². The molecule has 0 spiro atoms. The number of aliphatic hydroxyl groups is 1. The summed E-state index contributed by atoms with van der Waals surface area (Å²) in [5.41, 5.74) is 2.13. The Labute approximate surface area is 307 Å². The minimum absolute atomic E-state index is 0.0182. The summed E-state index contributed by atoms with van der Waals surface area (Å²) in [5, 5.41) is 26.7. The van der Waals surface area contributed by atoms with Crippen LogP contribution >= 0.6 is 0 Å². The standard InChI is InChI=1S/C38H52N6O7S/c1-27(2)23-43(52(49,50)32-17-15-29(16-18-32)22-39-48)25-34(45)33(21-28-11-8-7-9-12-28)41-36(46)35(38(3,4)5)44-20-19-42(37(44)47)24-30-13-10-14-31(40-30)26-51-6/h7-18,22,27,33-35,45,48H,19-21,23-26H2,1-6H3,(H,41,46)/t33-,34-,35+/m0/s1. The Bertz CT molecular complexity index is 1760. The number of amides is 3. The molecule has 0 unspecified atom stereocenters. The molecule has 3 N–H and O–H groups in total. The maximum atomic E-state index is 14.4. The summed E-state index contributed by atoms with van der Waals surface area (Å²) >= 11 is 0. The van der Waals surface area contributed by atoms with E-state index in [1.54, 1.807) is 16.9 Å². The number of urea groups is 1. The Morgan fingerprint density at radius 3 is 2.31 bits per heavy atom. The van der Waals surface area contributed by atoms with Crippen LogP contribution in [0.1, 0.15) is 57.1 Å². The Morgan fingerprint density at radius 1 is 1.02 bits per heavy atom. The molecule has 0 saturated carbocycles. The molecule has 3 aromatic rings. The lowest BCUT2D eigenvalue weighted by molar-refractivity contribution is -0.130. The molecule has 282 valence electrons. The van der Waals surface area contributed by atoms with Crippen LogP contribution in [0.4, 0.5) is 4.79 Å². The van der Waals surface area contributed by atoms with Crippen molar-refractivity contribution in [2.24, 2.45) is 16.5 Å². The minimum Gasteiger partial charge on any atom is -0.411 e. The van der Waals surface area contributed by atoms with Gasteiger partial charge in [-0.3, -0.25) is 9.78 Å². The van der Waals surface area contributed by atoms with Crippen molar-refractivity contribution in [1.82, 2.24) is 24.4 Å². The number of carbonyl (C=O) groups excluding carboxylic acids is 2. The van der Waals surface area contributed by atoms with Gasteiger partial charge in [-0.25, -0.2) is 13.2 Å². The van der Waals surface area contributed by atoms with Crippen molar-refractivity contribution in [3.05, 3.63) is 95.3 Å². The Kier molecular flexibility index (Phi) is 13.9. The van der Waals surface area contributed by atoms with Crippen LogP contribution in [-0.4, -0.2) is 107 Å². The fourth-order valence-corrected chi connectivity index (χ4v) is 8.02. The number of rotatable bonds is 17. The average molecular weight is 737 g/mol. The molecular formula is C38H52N6O7S. The maximum Gasteiger partial charge on any atom is 0.321 e.